The second-order valence-corrected chi connectivity index (χ2v) is 4.00. The molecule has 82 valence electrons. The van der Waals surface area contributed by atoms with Crippen LogP contribution in [0.25, 0.3) is 0 Å². The molecule has 1 heterocycles. The first-order chi connectivity index (χ1) is 6.77. The summed E-state index contributed by atoms with van der Waals surface area (Å²) >= 11 is 0. The second-order valence-electron chi connectivity index (χ2n) is 4.00. The summed E-state index contributed by atoms with van der Waals surface area (Å²) in [6.07, 6.45) is 4.06. The average molecular weight is 198 g/mol. The molecule has 3 heteroatoms. The van der Waals surface area contributed by atoms with Gasteiger partial charge in [-0.2, -0.15) is 0 Å². The fraction of sp³-hybridized carbons (Fsp3) is 0.909. The van der Waals surface area contributed by atoms with E-state index in [-0.39, 0.29) is 0 Å². The Morgan fingerprint density at radius 2 is 2.29 bits per heavy atom. The maximum Gasteiger partial charge on any atom is 0.222 e. The van der Waals surface area contributed by atoms with E-state index in [0.29, 0.717) is 11.9 Å². The molecular formula is C11H22N2O. The fourth-order valence-electron chi connectivity index (χ4n) is 1.85. The Balaban J connectivity index is 2.28. The van der Waals surface area contributed by atoms with E-state index >= 15 is 0 Å². The summed E-state index contributed by atoms with van der Waals surface area (Å²) in [6, 6.07) is 0.483. The molecule has 0 radical (unpaired) electrons. The highest BCUT2D eigenvalue weighted by molar-refractivity contribution is 5.78. The smallest absolute Gasteiger partial charge is 0.222 e. The van der Waals surface area contributed by atoms with Crippen molar-refractivity contribution in [2.45, 2.75) is 45.6 Å². The lowest BCUT2D eigenvalue weighted by Gasteiger charge is -2.23. The average Bonchev–Trinajstić information content (AvgIpc) is 2.59. The Hall–Kier alpha value is -0.570. The Kier molecular flexibility index (Phi) is 4.94. The number of hydrogen-bond donors (Lipinski definition) is 1. The zero-order valence-corrected chi connectivity index (χ0v) is 9.38. The second kappa shape index (κ2) is 6.02. The van der Waals surface area contributed by atoms with Gasteiger partial charge in [-0.25, -0.2) is 0 Å². The minimum absolute atomic E-state index is 0.335. The minimum atomic E-state index is 0.335. The number of hydrogen-bond acceptors (Lipinski definition) is 2. The van der Waals surface area contributed by atoms with Crippen LogP contribution >= 0.6 is 0 Å². The highest BCUT2D eigenvalue weighted by Crippen LogP contribution is 2.10. The van der Waals surface area contributed by atoms with Gasteiger partial charge in [0.15, 0.2) is 0 Å². The van der Waals surface area contributed by atoms with Gasteiger partial charge in [-0.3, -0.25) is 4.79 Å². The van der Waals surface area contributed by atoms with E-state index in [0.717, 1.165) is 45.3 Å². The van der Waals surface area contributed by atoms with Crippen LogP contribution in [0.5, 0.6) is 0 Å². The summed E-state index contributed by atoms with van der Waals surface area (Å²) in [6.45, 7) is 7.26. The van der Waals surface area contributed by atoms with Crippen molar-refractivity contribution in [3.8, 4) is 0 Å². The number of carbonyl (C=O) groups excluding carboxylic acids is 1. The number of likely N-dealkylation sites (tertiary alicyclic amines) is 1. The molecule has 0 aromatic heterocycles. The van der Waals surface area contributed by atoms with Crippen molar-refractivity contribution >= 4 is 5.91 Å². The number of nitrogens with one attached hydrogen (secondary N) is 1. The quantitative estimate of drug-likeness (QED) is 0.699. The van der Waals surface area contributed by atoms with Crippen molar-refractivity contribution in [3.05, 3.63) is 0 Å². The molecule has 1 N–H and O–H groups in total. The van der Waals surface area contributed by atoms with E-state index in [1.165, 1.54) is 0 Å². The number of carbonyl (C=O) groups is 1. The van der Waals surface area contributed by atoms with Gasteiger partial charge in [0, 0.05) is 25.6 Å². The zero-order chi connectivity index (χ0) is 10.4. The topological polar surface area (TPSA) is 32.3 Å². The van der Waals surface area contributed by atoms with Gasteiger partial charge in [0.1, 0.15) is 0 Å². The molecule has 1 unspecified atom stereocenters. The molecule has 0 aromatic carbocycles. The van der Waals surface area contributed by atoms with Gasteiger partial charge in [-0.15, -0.1) is 0 Å². The van der Waals surface area contributed by atoms with Crippen LogP contribution in [0.15, 0.2) is 0 Å². The van der Waals surface area contributed by atoms with E-state index in [4.69, 9.17) is 0 Å². The predicted octanol–water partition coefficient (Wildman–Crippen LogP) is 1.39. The number of nitrogens with zero attached hydrogens (tertiary/aromatic N) is 1. The molecule has 1 amide bonds. The van der Waals surface area contributed by atoms with E-state index in [2.05, 4.69) is 19.2 Å². The molecule has 0 aromatic rings. The van der Waals surface area contributed by atoms with Crippen LogP contribution in [-0.2, 0) is 4.79 Å². The van der Waals surface area contributed by atoms with Gasteiger partial charge < -0.3 is 10.2 Å². The standard InChI is InChI=1S/C11H22N2O/c1-3-7-12-10(4-2)9-13-8-5-6-11(13)14/h10,12H,3-9H2,1-2H3. The molecule has 1 aliphatic rings. The van der Waals surface area contributed by atoms with Crippen molar-refractivity contribution in [1.82, 2.24) is 10.2 Å². The van der Waals surface area contributed by atoms with Crippen LogP contribution in [0.4, 0.5) is 0 Å². The monoisotopic (exact) mass is 198 g/mol. The first-order valence-corrected chi connectivity index (χ1v) is 5.79. The molecule has 3 nitrogen and oxygen atoms in total. The van der Waals surface area contributed by atoms with E-state index < -0.39 is 0 Å². The molecule has 0 bridgehead atoms. The third-order valence-corrected chi connectivity index (χ3v) is 2.79. The third-order valence-electron chi connectivity index (χ3n) is 2.79. The van der Waals surface area contributed by atoms with Crippen molar-refractivity contribution < 1.29 is 4.79 Å². The first-order valence-electron chi connectivity index (χ1n) is 5.79. The lowest BCUT2D eigenvalue weighted by molar-refractivity contribution is -0.128. The summed E-state index contributed by atoms with van der Waals surface area (Å²) in [5.74, 6) is 0.335. The van der Waals surface area contributed by atoms with Crippen LogP contribution in [0.2, 0.25) is 0 Å². The van der Waals surface area contributed by atoms with Crippen LogP contribution in [0.3, 0.4) is 0 Å². The first kappa shape index (κ1) is 11.5. The maximum absolute atomic E-state index is 11.4. The van der Waals surface area contributed by atoms with Gasteiger partial charge >= 0.3 is 0 Å². The normalized spacial score (nSPS) is 19.0. The molecule has 1 fully saturated rings. The van der Waals surface area contributed by atoms with Gasteiger partial charge in [0.25, 0.3) is 0 Å². The molecule has 14 heavy (non-hydrogen) atoms. The Morgan fingerprint density at radius 3 is 2.79 bits per heavy atom. The van der Waals surface area contributed by atoms with E-state index in [1.54, 1.807) is 0 Å². The Labute approximate surface area is 86.9 Å². The fourth-order valence-corrected chi connectivity index (χ4v) is 1.85. The molecular weight excluding hydrogens is 176 g/mol. The minimum Gasteiger partial charge on any atom is -0.341 e. The Bertz CT molecular complexity index is 182. The van der Waals surface area contributed by atoms with Crippen molar-refractivity contribution in [2.24, 2.45) is 0 Å². The summed E-state index contributed by atoms with van der Waals surface area (Å²) < 4.78 is 0. The lowest BCUT2D eigenvalue weighted by atomic mass is 10.2. The van der Waals surface area contributed by atoms with Crippen LogP contribution in [0, 0.1) is 0 Å². The number of rotatable bonds is 6. The Morgan fingerprint density at radius 1 is 1.50 bits per heavy atom. The summed E-state index contributed by atoms with van der Waals surface area (Å²) in [4.78, 5) is 13.4. The molecule has 0 saturated carbocycles. The highest BCUT2D eigenvalue weighted by Gasteiger charge is 2.22. The zero-order valence-electron chi connectivity index (χ0n) is 9.38. The van der Waals surface area contributed by atoms with Gasteiger partial charge in [-0.1, -0.05) is 13.8 Å². The highest BCUT2D eigenvalue weighted by atomic mass is 16.2. The molecule has 0 aliphatic carbocycles. The third kappa shape index (κ3) is 3.29. The van der Waals surface area contributed by atoms with Crippen LogP contribution < -0.4 is 5.32 Å². The largest absolute Gasteiger partial charge is 0.341 e. The van der Waals surface area contributed by atoms with Gasteiger partial charge in [-0.05, 0) is 25.8 Å². The number of amides is 1. The van der Waals surface area contributed by atoms with Crippen LogP contribution in [0.1, 0.15) is 39.5 Å². The molecule has 1 aliphatic heterocycles. The summed E-state index contributed by atoms with van der Waals surface area (Å²) in [5, 5.41) is 3.47. The molecule has 1 rings (SSSR count). The summed E-state index contributed by atoms with van der Waals surface area (Å²) in [7, 11) is 0. The summed E-state index contributed by atoms with van der Waals surface area (Å²) in [5.41, 5.74) is 0. The van der Waals surface area contributed by atoms with Crippen LogP contribution in [-0.4, -0.2) is 36.5 Å². The van der Waals surface area contributed by atoms with Gasteiger partial charge in [0.05, 0.1) is 0 Å². The van der Waals surface area contributed by atoms with Crippen molar-refractivity contribution in [2.75, 3.05) is 19.6 Å². The predicted molar refractivity (Wildman–Crippen MR) is 58.2 cm³/mol. The van der Waals surface area contributed by atoms with Gasteiger partial charge in [0.2, 0.25) is 5.91 Å². The molecule has 1 saturated heterocycles. The van der Waals surface area contributed by atoms with E-state index in [1.807, 2.05) is 4.90 Å². The lowest BCUT2D eigenvalue weighted by Crippen LogP contribution is -2.41. The maximum atomic E-state index is 11.4. The van der Waals surface area contributed by atoms with Crippen molar-refractivity contribution in [3.63, 3.8) is 0 Å². The van der Waals surface area contributed by atoms with Crippen molar-refractivity contribution in [1.29, 1.82) is 0 Å². The molecule has 1 atom stereocenters. The molecule has 0 spiro atoms. The van der Waals surface area contributed by atoms with E-state index in [9.17, 15) is 4.79 Å². The SMILES string of the molecule is CCCNC(CC)CN1CCCC1=O.